The third-order valence-corrected chi connectivity index (χ3v) is 12.6. The molecule has 0 radical (unpaired) electrons. The molecule has 8 rings (SSSR count). The topological polar surface area (TPSA) is 180 Å². The first kappa shape index (κ1) is 37.0. The van der Waals surface area contributed by atoms with Gasteiger partial charge in [0.05, 0.1) is 28.4 Å². The molecule has 0 bridgehead atoms. The minimum absolute atomic E-state index is 0.0355. The third-order valence-electron chi connectivity index (χ3n) is 8.95. The lowest BCUT2D eigenvalue weighted by molar-refractivity contribution is -0.118. The molecular formula is C39H34N8O6S3. The average Bonchev–Trinajstić information content (AvgIpc) is 3.69. The Balaban J connectivity index is 1.02. The van der Waals surface area contributed by atoms with Gasteiger partial charge in [-0.2, -0.15) is 3.97 Å². The Morgan fingerprint density at radius 1 is 0.768 bits per heavy atom. The molecule has 2 amide bonds. The van der Waals surface area contributed by atoms with Crippen molar-refractivity contribution in [3.8, 4) is 39.8 Å². The molecule has 0 saturated heterocycles. The number of aromatic nitrogens is 6. The van der Waals surface area contributed by atoms with E-state index in [1.807, 2.05) is 77.4 Å². The molecule has 2 N–H and O–H groups in total. The number of amides is 2. The van der Waals surface area contributed by atoms with Gasteiger partial charge >= 0.3 is 0 Å². The van der Waals surface area contributed by atoms with Gasteiger partial charge in [0, 0.05) is 22.6 Å². The summed E-state index contributed by atoms with van der Waals surface area (Å²) in [7, 11) is -3.84. The zero-order valence-corrected chi connectivity index (χ0v) is 32.7. The monoisotopic (exact) mass is 806 g/mol. The smallest absolute Gasteiger partial charge is 0.241 e. The van der Waals surface area contributed by atoms with Crippen LogP contribution < -0.4 is 10.6 Å². The summed E-state index contributed by atoms with van der Waals surface area (Å²) in [6.45, 7) is 3.34. The summed E-state index contributed by atoms with van der Waals surface area (Å²) >= 11 is 2.37. The number of benzene rings is 3. The van der Waals surface area contributed by atoms with E-state index in [-0.39, 0.29) is 22.8 Å². The highest BCUT2D eigenvalue weighted by molar-refractivity contribution is 8.02. The second-order valence-electron chi connectivity index (χ2n) is 13.6. The molecule has 0 unspecified atom stereocenters. The number of thioether (sulfide) groups is 2. The highest BCUT2D eigenvalue weighted by atomic mass is 32.2. The highest BCUT2D eigenvalue weighted by Gasteiger charge is 2.52. The summed E-state index contributed by atoms with van der Waals surface area (Å²) in [5.74, 6) is 0.679. The van der Waals surface area contributed by atoms with Crippen molar-refractivity contribution in [2.45, 2.75) is 46.5 Å². The molecule has 56 heavy (non-hydrogen) atoms. The Labute approximate surface area is 330 Å². The molecule has 3 aromatic carbocycles. The minimum atomic E-state index is -3.84. The number of rotatable bonds is 13. The Morgan fingerprint density at radius 3 is 2.16 bits per heavy atom. The molecule has 1 fully saturated rings. The van der Waals surface area contributed by atoms with Crippen LogP contribution in [0.1, 0.15) is 26.7 Å². The fourth-order valence-electron chi connectivity index (χ4n) is 5.86. The molecule has 0 spiro atoms. The number of carbonyl (C=O) groups excluding carboxylic acids is 2. The van der Waals surface area contributed by atoms with Crippen LogP contribution in [0.4, 0.5) is 11.4 Å². The van der Waals surface area contributed by atoms with Crippen LogP contribution in [-0.2, 0) is 19.6 Å². The van der Waals surface area contributed by atoms with Crippen LogP contribution in [0, 0.1) is 0 Å². The predicted octanol–water partition coefficient (Wildman–Crippen LogP) is 7.63. The molecule has 1 aliphatic carbocycles. The Kier molecular flexibility index (Phi) is 9.68. The lowest BCUT2D eigenvalue weighted by Gasteiger charge is -2.22. The minimum Gasteiger partial charge on any atom is -0.472 e. The number of nitrogens with one attached hydrogen (secondary N) is 2. The van der Waals surface area contributed by atoms with Crippen molar-refractivity contribution in [2.24, 2.45) is 0 Å². The van der Waals surface area contributed by atoms with Gasteiger partial charge in [-0.05, 0) is 75.2 Å². The van der Waals surface area contributed by atoms with E-state index in [1.54, 1.807) is 44.4 Å². The predicted molar refractivity (Wildman–Crippen MR) is 214 cm³/mol. The molecule has 1 saturated carbocycles. The van der Waals surface area contributed by atoms with Crippen molar-refractivity contribution in [1.82, 2.24) is 28.9 Å². The van der Waals surface area contributed by atoms with E-state index in [2.05, 4.69) is 31.0 Å². The van der Waals surface area contributed by atoms with E-state index >= 15 is 0 Å². The molecule has 0 aliphatic heterocycles. The van der Waals surface area contributed by atoms with E-state index in [4.69, 9.17) is 8.83 Å². The van der Waals surface area contributed by atoms with Gasteiger partial charge in [0.2, 0.25) is 27.0 Å². The van der Waals surface area contributed by atoms with Crippen LogP contribution in [0.5, 0.6) is 0 Å². The van der Waals surface area contributed by atoms with Gasteiger partial charge in [-0.25, -0.2) is 8.42 Å². The van der Waals surface area contributed by atoms with Gasteiger partial charge in [-0.1, -0.05) is 72.1 Å². The van der Waals surface area contributed by atoms with Crippen molar-refractivity contribution in [3.05, 3.63) is 116 Å². The van der Waals surface area contributed by atoms with Gasteiger partial charge in [0.1, 0.15) is 23.0 Å². The van der Waals surface area contributed by atoms with Crippen LogP contribution in [0.3, 0.4) is 0 Å². The molecule has 14 nitrogen and oxygen atoms in total. The van der Waals surface area contributed by atoms with Crippen LogP contribution in [-0.4, -0.2) is 64.9 Å². The first-order valence-electron chi connectivity index (χ1n) is 17.3. The molecule has 1 aliphatic rings. The Hall–Kier alpha value is -5.91. The lowest BCUT2D eigenvalue weighted by Crippen LogP contribution is -2.34. The SMILES string of the molecule is CC(C)(Sc1nnc(-c2ccoc2)n1S(C)(=O)=O)C(=O)Nc1cccc(-c2cc(-c3nnc(SC4(C(=O)Nc5ccccc5)CC4)n3-c3ccccc3)co2)c1. The van der Waals surface area contributed by atoms with E-state index < -0.39 is 19.5 Å². The number of hydrogen-bond donors (Lipinski definition) is 2. The summed E-state index contributed by atoms with van der Waals surface area (Å²) in [6, 6.07) is 29.7. The van der Waals surface area contributed by atoms with Crippen molar-refractivity contribution >= 4 is 56.7 Å². The lowest BCUT2D eigenvalue weighted by atomic mass is 10.1. The zero-order valence-electron chi connectivity index (χ0n) is 30.2. The van der Waals surface area contributed by atoms with Crippen molar-refractivity contribution < 1.29 is 26.8 Å². The maximum Gasteiger partial charge on any atom is 0.241 e. The molecular weight excluding hydrogens is 773 g/mol. The average molecular weight is 807 g/mol. The van der Waals surface area contributed by atoms with E-state index in [1.165, 1.54) is 24.3 Å². The number of para-hydroxylation sites is 2. The summed E-state index contributed by atoms with van der Waals surface area (Å²) < 4.78 is 37.8. The first-order chi connectivity index (χ1) is 26.9. The van der Waals surface area contributed by atoms with Crippen LogP contribution in [0.15, 0.2) is 135 Å². The quantitative estimate of drug-likeness (QED) is 0.109. The van der Waals surface area contributed by atoms with Gasteiger partial charge in [-0.3, -0.25) is 14.2 Å². The number of furan rings is 2. The summed E-state index contributed by atoms with van der Waals surface area (Å²) in [5.41, 5.74) is 3.86. The molecule has 284 valence electrons. The second kappa shape index (κ2) is 14.6. The Morgan fingerprint density at radius 2 is 1.46 bits per heavy atom. The van der Waals surface area contributed by atoms with Crippen LogP contribution >= 0.6 is 23.5 Å². The van der Waals surface area contributed by atoms with Crippen LogP contribution in [0.2, 0.25) is 0 Å². The maximum absolute atomic E-state index is 13.7. The molecule has 7 aromatic rings. The normalized spacial score (nSPS) is 13.7. The van der Waals surface area contributed by atoms with E-state index in [0.717, 1.165) is 33.4 Å². The van der Waals surface area contributed by atoms with E-state index in [9.17, 15) is 18.0 Å². The molecule has 4 heterocycles. The molecule has 17 heteroatoms. The fourth-order valence-corrected chi connectivity index (χ4v) is 9.17. The molecule has 0 atom stereocenters. The van der Waals surface area contributed by atoms with Crippen molar-refractivity contribution in [1.29, 1.82) is 0 Å². The number of carbonyl (C=O) groups is 2. The zero-order chi connectivity index (χ0) is 39.1. The first-order valence-corrected chi connectivity index (χ1v) is 20.8. The van der Waals surface area contributed by atoms with Gasteiger partial charge in [0.15, 0.2) is 16.8 Å². The summed E-state index contributed by atoms with van der Waals surface area (Å²) in [5, 5.41) is 23.9. The summed E-state index contributed by atoms with van der Waals surface area (Å²) in [4.78, 5) is 27.1. The maximum atomic E-state index is 13.7. The summed E-state index contributed by atoms with van der Waals surface area (Å²) in [6.07, 6.45) is 6.84. The fraction of sp³-hybridized carbons (Fsp3) is 0.179. The van der Waals surface area contributed by atoms with Gasteiger partial charge < -0.3 is 19.5 Å². The second-order valence-corrected chi connectivity index (χ2v) is 18.4. The van der Waals surface area contributed by atoms with Gasteiger partial charge in [0.25, 0.3) is 0 Å². The van der Waals surface area contributed by atoms with E-state index in [0.29, 0.717) is 52.0 Å². The number of anilines is 2. The number of hydrogen-bond acceptors (Lipinski definition) is 12. The van der Waals surface area contributed by atoms with Crippen LogP contribution in [0.25, 0.3) is 39.8 Å². The molecule has 4 aromatic heterocycles. The van der Waals surface area contributed by atoms with Gasteiger partial charge in [-0.15, -0.1) is 20.4 Å². The highest BCUT2D eigenvalue weighted by Crippen LogP contribution is 2.52. The van der Waals surface area contributed by atoms with Crippen molar-refractivity contribution in [2.75, 3.05) is 16.9 Å². The number of nitrogens with zero attached hydrogens (tertiary/aromatic N) is 6. The van der Waals surface area contributed by atoms with Crippen molar-refractivity contribution in [3.63, 3.8) is 0 Å². The Bertz CT molecular complexity index is 2650. The largest absolute Gasteiger partial charge is 0.472 e. The third kappa shape index (κ3) is 7.52. The standard InChI is InChI=1S/C39H34N8O6S3/c1-38(2,54-37-45-43-33(26-17-20-52-23-26)47(37)56(3,50)51)34(48)41-29-14-10-11-25(21-29)31-22-27(24-53-31)32-42-44-36(46(32)30-15-8-5-9-16-30)55-39(18-19-39)35(49)40-28-12-6-4-7-13-28/h4-17,20-24H,18-19H2,1-3H3,(H,40,49)(H,41,48).